The fourth-order valence-corrected chi connectivity index (χ4v) is 3.11. The Labute approximate surface area is 148 Å². The van der Waals surface area contributed by atoms with Crippen LogP contribution in [-0.2, 0) is 4.79 Å². The molecule has 130 valence electrons. The molecule has 2 amide bonds. The molecule has 2 aromatic carbocycles. The first-order chi connectivity index (χ1) is 12.1. The minimum atomic E-state index is -0.167. The van der Waals surface area contributed by atoms with Crippen molar-refractivity contribution in [3.05, 3.63) is 54.1 Å². The number of carbonyl (C=O) groups is 2. The summed E-state index contributed by atoms with van der Waals surface area (Å²) < 4.78 is 0. The van der Waals surface area contributed by atoms with Crippen LogP contribution in [0, 0.1) is 0 Å². The number of piperidine rings is 1. The van der Waals surface area contributed by atoms with Crippen LogP contribution in [0.15, 0.2) is 48.5 Å². The number of hydrogen-bond donors (Lipinski definition) is 2. The molecule has 3 rings (SSSR count). The van der Waals surface area contributed by atoms with Crippen LogP contribution in [0.5, 0.6) is 0 Å². The van der Waals surface area contributed by atoms with Crippen molar-refractivity contribution >= 4 is 28.9 Å². The summed E-state index contributed by atoms with van der Waals surface area (Å²) in [4.78, 5) is 26.2. The fraction of sp³-hybridized carbons (Fsp3) is 0.300. The van der Waals surface area contributed by atoms with Gasteiger partial charge >= 0.3 is 0 Å². The first kappa shape index (κ1) is 17.0. The molecule has 25 heavy (non-hydrogen) atoms. The predicted octanol–water partition coefficient (Wildman–Crippen LogP) is 3.89. The Morgan fingerprint density at radius 3 is 2.32 bits per heavy atom. The van der Waals surface area contributed by atoms with Crippen molar-refractivity contribution in [2.24, 2.45) is 0 Å². The van der Waals surface area contributed by atoms with E-state index in [9.17, 15) is 9.59 Å². The highest BCUT2D eigenvalue weighted by molar-refractivity contribution is 6.05. The summed E-state index contributed by atoms with van der Waals surface area (Å²) in [6.07, 6.45) is 3.56. The Kier molecular flexibility index (Phi) is 5.33. The van der Waals surface area contributed by atoms with E-state index < -0.39 is 0 Å². The maximum absolute atomic E-state index is 12.3. The van der Waals surface area contributed by atoms with Crippen molar-refractivity contribution in [1.82, 2.24) is 0 Å². The molecule has 0 aromatic heterocycles. The molecule has 0 spiro atoms. The highest BCUT2D eigenvalue weighted by Crippen LogP contribution is 2.31. The second kappa shape index (κ2) is 7.83. The third-order valence-electron chi connectivity index (χ3n) is 4.30. The Morgan fingerprint density at radius 1 is 0.920 bits per heavy atom. The summed E-state index contributed by atoms with van der Waals surface area (Å²) in [5.41, 5.74) is 3.01. The van der Waals surface area contributed by atoms with Crippen LogP contribution < -0.4 is 15.5 Å². The zero-order valence-corrected chi connectivity index (χ0v) is 14.4. The molecule has 0 aliphatic carbocycles. The van der Waals surface area contributed by atoms with E-state index in [1.807, 2.05) is 36.4 Å². The molecule has 5 nitrogen and oxygen atoms in total. The third-order valence-corrected chi connectivity index (χ3v) is 4.30. The Hall–Kier alpha value is -2.82. The Morgan fingerprint density at radius 2 is 1.64 bits per heavy atom. The van der Waals surface area contributed by atoms with Gasteiger partial charge in [-0.3, -0.25) is 9.59 Å². The molecule has 1 fully saturated rings. The van der Waals surface area contributed by atoms with Crippen LogP contribution in [0.3, 0.4) is 0 Å². The van der Waals surface area contributed by atoms with Crippen molar-refractivity contribution in [2.45, 2.75) is 26.2 Å². The van der Waals surface area contributed by atoms with Gasteiger partial charge in [0, 0.05) is 31.3 Å². The van der Waals surface area contributed by atoms with Gasteiger partial charge < -0.3 is 15.5 Å². The van der Waals surface area contributed by atoms with E-state index in [0.717, 1.165) is 37.3 Å². The number of anilines is 3. The van der Waals surface area contributed by atoms with Crippen LogP contribution in [0.25, 0.3) is 0 Å². The summed E-state index contributed by atoms with van der Waals surface area (Å²) >= 11 is 0. The summed E-state index contributed by atoms with van der Waals surface area (Å²) in [6.45, 7) is 3.47. The van der Waals surface area contributed by atoms with Crippen LogP contribution in [-0.4, -0.2) is 24.9 Å². The van der Waals surface area contributed by atoms with E-state index in [-0.39, 0.29) is 11.8 Å². The average molecular weight is 337 g/mol. The van der Waals surface area contributed by atoms with Gasteiger partial charge in [-0.05, 0) is 49.6 Å². The standard InChI is InChI=1S/C20H23N3O2/c1-15(24)21-18-14-17(22-20(25)16-8-4-2-5-9-16)10-11-19(18)23-12-6-3-7-13-23/h2,4-5,8-11,14H,3,6-7,12-13H2,1H3,(H,21,24)(H,22,25). The molecule has 2 N–H and O–H groups in total. The average Bonchev–Trinajstić information content (AvgIpc) is 2.63. The lowest BCUT2D eigenvalue weighted by molar-refractivity contribution is -0.114. The minimum absolute atomic E-state index is 0.121. The molecule has 5 heteroatoms. The van der Waals surface area contributed by atoms with Gasteiger partial charge in [0.15, 0.2) is 0 Å². The second-order valence-electron chi connectivity index (χ2n) is 6.28. The number of nitrogens with zero attached hydrogens (tertiary/aromatic N) is 1. The third kappa shape index (κ3) is 4.38. The predicted molar refractivity (Wildman–Crippen MR) is 101 cm³/mol. The van der Waals surface area contributed by atoms with Gasteiger partial charge in [0.25, 0.3) is 5.91 Å². The Bertz CT molecular complexity index is 753. The number of nitrogens with one attached hydrogen (secondary N) is 2. The van der Waals surface area contributed by atoms with E-state index in [1.54, 1.807) is 12.1 Å². The van der Waals surface area contributed by atoms with E-state index >= 15 is 0 Å². The van der Waals surface area contributed by atoms with Crippen LogP contribution in [0.2, 0.25) is 0 Å². The molecular weight excluding hydrogens is 314 g/mol. The highest BCUT2D eigenvalue weighted by Gasteiger charge is 2.16. The van der Waals surface area contributed by atoms with Gasteiger partial charge in [-0.1, -0.05) is 18.2 Å². The first-order valence-electron chi connectivity index (χ1n) is 8.66. The van der Waals surface area contributed by atoms with Crippen molar-refractivity contribution in [3.63, 3.8) is 0 Å². The van der Waals surface area contributed by atoms with Crippen molar-refractivity contribution in [2.75, 3.05) is 28.6 Å². The minimum Gasteiger partial charge on any atom is -0.370 e. The van der Waals surface area contributed by atoms with Gasteiger partial charge in [0.1, 0.15) is 0 Å². The topological polar surface area (TPSA) is 61.4 Å². The van der Waals surface area contributed by atoms with Crippen molar-refractivity contribution < 1.29 is 9.59 Å². The number of hydrogen-bond acceptors (Lipinski definition) is 3. The molecule has 1 heterocycles. The largest absolute Gasteiger partial charge is 0.370 e. The van der Waals surface area contributed by atoms with Gasteiger partial charge in [-0.2, -0.15) is 0 Å². The zero-order chi connectivity index (χ0) is 17.6. The van der Waals surface area contributed by atoms with Crippen LogP contribution in [0.1, 0.15) is 36.5 Å². The molecule has 0 saturated carbocycles. The number of benzene rings is 2. The molecule has 0 radical (unpaired) electrons. The van der Waals surface area contributed by atoms with Crippen LogP contribution >= 0.6 is 0 Å². The number of carbonyl (C=O) groups excluding carboxylic acids is 2. The van der Waals surface area contributed by atoms with E-state index in [1.165, 1.54) is 13.3 Å². The molecule has 2 aromatic rings. The van der Waals surface area contributed by atoms with Gasteiger partial charge in [0.2, 0.25) is 5.91 Å². The quantitative estimate of drug-likeness (QED) is 0.890. The number of rotatable bonds is 4. The van der Waals surface area contributed by atoms with Gasteiger partial charge in [0.05, 0.1) is 11.4 Å². The molecular formula is C20H23N3O2. The first-order valence-corrected chi connectivity index (χ1v) is 8.66. The maximum atomic E-state index is 12.3. The van der Waals surface area contributed by atoms with Gasteiger partial charge in [-0.15, -0.1) is 0 Å². The highest BCUT2D eigenvalue weighted by atomic mass is 16.2. The monoisotopic (exact) mass is 337 g/mol. The summed E-state index contributed by atoms with van der Waals surface area (Å²) in [7, 11) is 0. The fourth-order valence-electron chi connectivity index (χ4n) is 3.11. The van der Waals surface area contributed by atoms with Crippen molar-refractivity contribution in [1.29, 1.82) is 0 Å². The lowest BCUT2D eigenvalue weighted by atomic mass is 10.1. The van der Waals surface area contributed by atoms with Gasteiger partial charge in [-0.25, -0.2) is 0 Å². The lowest BCUT2D eigenvalue weighted by Gasteiger charge is -2.30. The molecule has 1 aliphatic heterocycles. The lowest BCUT2D eigenvalue weighted by Crippen LogP contribution is -2.30. The van der Waals surface area contributed by atoms with Crippen LogP contribution in [0.4, 0.5) is 17.1 Å². The smallest absolute Gasteiger partial charge is 0.255 e. The summed E-state index contributed by atoms with van der Waals surface area (Å²) in [6, 6.07) is 14.8. The van der Waals surface area contributed by atoms with E-state index in [4.69, 9.17) is 0 Å². The molecule has 0 unspecified atom stereocenters. The molecule has 0 bridgehead atoms. The molecule has 1 saturated heterocycles. The van der Waals surface area contributed by atoms with E-state index in [2.05, 4.69) is 15.5 Å². The van der Waals surface area contributed by atoms with E-state index in [0.29, 0.717) is 11.3 Å². The normalized spacial score (nSPS) is 14.0. The zero-order valence-electron chi connectivity index (χ0n) is 14.4. The maximum Gasteiger partial charge on any atom is 0.255 e. The van der Waals surface area contributed by atoms with Crippen molar-refractivity contribution in [3.8, 4) is 0 Å². The Balaban J connectivity index is 1.83. The SMILES string of the molecule is CC(=O)Nc1cc(NC(=O)c2ccccc2)ccc1N1CCCCC1. The summed E-state index contributed by atoms with van der Waals surface area (Å²) in [5, 5.41) is 5.79. The number of amides is 2. The second-order valence-corrected chi connectivity index (χ2v) is 6.28. The summed E-state index contributed by atoms with van der Waals surface area (Å²) in [5.74, 6) is -0.287. The molecule has 1 aliphatic rings. The molecule has 0 atom stereocenters.